The molecule has 25 heavy (non-hydrogen) atoms. The number of hydrogen-bond donors (Lipinski definition) is 2. The van der Waals surface area contributed by atoms with Crippen molar-refractivity contribution in [3.63, 3.8) is 0 Å². The van der Waals surface area contributed by atoms with Gasteiger partial charge in [0, 0.05) is 19.3 Å². The fourth-order valence-electron chi connectivity index (χ4n) is 3.41. The average molecular weight is 335 g/mol. The first-order chi connectivity index (χ1) is 11.6. The summed E-state index contributed by atoms with van der Waals surface area (Å²) in [6, 6.07) is 15.3. The summed E-state index contributed by atoms with van der Waals surface area (Å²) in [6.45, 7) is 4.97. The van der Waals surface area contributed by atoms with E-state index in [1.807, 2.05) is 7.05 Å². The van der Waals surface area contributed by atoms with Gasteiger partial charge in [0.2, 0.25) is 0 Å². The van der Waals surface area contributed by atoms with E-state index in [2.05, 4.69) is 73.8 Å². The molecule has 0 amide bonds. The molecule has 0 fully saturated rings. The van der Waals surface area contributed by atoms with Crippen molar-refractivity contribution in [2.45, 2.75) is 34.2 Å². The topological polar surface area (TPSA) is 38.0 Å². The van der Waals surface area contributed by atoms with E-state index in [4.69, 9.17) is 5.73 Å². The highest BCUT2D eigenvalue weighted by Crippen LogP contribution is 2.37. The highest BCUT2D eigenvalue weighted by molar-refractivity contribution is 5.97. The molecule has 1 aliphatic carbocycles. The largest absolute Gasteiger partial charge is 0.388 e. The second-order valence-corrected chi connectivity index (χ2v) is 6.63. The lowest BCUT2D eigenvalue weighted by atomic mass is 9.83. The number of anilines is 1. The predicted octanol–water partition coefficient (Wildman–Crippen LogP) is 5.64. The zero-order valence-electron chi connectivity index (χ0n) is 14.8. The molecule has 1 unspecified atom stereocenters. The van der Waals surface area contributed by atoms with Gasteiger partial charge in [0.25, 0.3) is 0 Å². The fourth-order valence-corrected chi connectivity index (χ4v) is 3.41. The second-order valence-electron chi connectivity index (χ2n) is 6.63. The molecular weight excluding hydrogens is 304 g/mol. The third-order valence-electron chi connectivity index (χ3n) is 4.71. The normalized spacial score (nSPS) is 16.6. The summed E-state index contributed by atoms with van der Waals surface area (Å²) in [7, 11) is 1.94. The number of aryl methyl sites for hydroxylation is 1. The Bertz CT molecular complexity index is 799. The average Bonchev–Trinajstić information content (AvgIpc) is 2.61. The molecular formula is C23H30N2. The predicted molar refractivity (Wildman–Crippen MR) is 112 cm³/mol. The summed E-state index contributed by atoms with van der Waals surface area (Å²) in [5, 5.41) is 3.22. The molecule has 0 saturated carbocycles. The van der Waals surface area contributed by atoms with Crippen molar-refractivity contribution in [2.75, 3.05) is 12.4 Å². The Morgan fingerprint density at radius 3 is 2.60 bits per heavy atom. The number of allylic oxidation sites excluding steroid dienone is 4. The van der Waals surface area contributed by atoms with Gasteiger partial charge in [0.15, 0.2) is 0 Å². The van der Waals surface area contributed by atoms with E-state index in [1.165, 1.54) is 27.8 Å². The molecule has 3 N–H and O–H groups in total. The summed E-state index contributed by atoms with van der Waals surface area (Å²) >= 11 is 0. The number of rotatable bonds is 4. The Labute approximate surface area is 152 Å². The maximum atomic E-state index is 5.94. The summed E-state index contributed by atoms with van der Waals surface area (Å²) in [6.07, 6.45) is 5.66. The first-order valence-electron chi connectivity index (χ1n) is 8.62. The van der Waals surface area contributed by atoms with Crippen LogP contribution in [0, 0.1) is 12.8 Å². The highest BCUT2D eigenvalue weighted by atomic mass is 14.8. The summed E-state index contributed by atoms with van der Waals surface area (Å²) in [4.78, 5) is 0. The van der Waals surface area contributed by atoms with Crippen LogP contribution in [0.15, 0.2) is 54.6 Å². The summed E-state index contributed by atoms with van der Waals surface area (Å²) < 4.78 is 0. The van der Waals surface area contributed by atoms with E-state index < -0.39 is 0 Å². The van der Waals surface area contributed by atoms with E-state index in [9.17, 15) is 0 Å². The van der Waals surface area contributed by atoms with Gasteiger partial charge < -0.3 is 11.1 Å². The smallest absolute Gasteiger partial charge is 0.0383 e. The third-order valence-corrected chi connectivity index (χ3v) is 4.71. The van der Waals surface area contributed by atoms with Crippen LogP contribution in [0.1, 0.15) is 43.0 Å². The van der Waals surface area contributed by atoms with Crippen LogP contribution in [-0.4, -0.2) is 7.05 Å². The van der Waals surface area contributed by atoms with Crippen molar-refractivity contribution >= 4 is 16.8 Å². The minimum atomic E-state index is 0. The molecule has 2 aromatic carbocycles. The van der Waals surface area contributed by atoms with Crippen LogP contribution in [-0.2, 0) is 6.54 Å². The molecule has 0 aliphatic heterocycles. The lowest BCUT2D eigenvalue weighted by molar-refractivity contribution is 0.751. The monoisotopic (exact) mass is 334 g/mol. The SMILES string of the molecule is C.CNc1ccc(C2=C(c3cccc(C)c3)CC(C)C=C2)cc1CN. The van der Waals surface area contributed by atoms with Crippen LogP contribution in [0.5, 0.6) is 0 Å². The van der Waals surface area contributed by atoms with Crippen molar-refractivity contribution < 1.29 is 0 Å². The van der Waals surface area contributed by atoms with Gasteiger partial charge in [0.1, 0.15) is 0 Å². The molecule has 2 nitrogen and oxygen atoms in total. The first-order valence-corrected chi connectivity index (χ1v) is 8.62. The molecule has 0 radical (unpaired) electrons. The minimum absolute atomic E-state index is 0. The number of nitrogens with two attached hydrogens (primary N) is 1. The van der Waals surface area contributed by atoms with Gasteiger partial charge >= 0.3 is 0 Å². The zero-order valence-corrected chi connectivity index (χ0v) is 14.8. The van der Waals surface area contributed by atoms with Crippen LogP contribution >= 0.6 is 0 Å². The van der Waals surface area contributed by atoms with Crippen molar-refractivity contribution in [2.24, 2.45) is 11.7 Å². The van der Waals surface area contributed by atoms with Crippen molar-refractivity contribution in [1.82, 2.24) is 0 Å². The fraction of sp³-hybridized carbons (Fsp3) is 0.304. The molecule has 0 saturated heterocycles. The van der Waals surface area contributed by atoms with Crippen molar-refractivity contribution in [3.05, 3.63) is 76.9 Å². The first kappa shape index (κ1) is 19.0. The molecule has 0 spiro atoms. The van der Waals surface area contributed by atoms with Crippen LogP contribution in [0.3, 0.4) is 0 Å². The van der Waals surface area contributed by atoms with Gasteiger partial charge in [-0.05, 0) is 59.2 Å². The molecule has 2 aromatic rings. The van der Waals surface area contributed by atoms with Crippen LogP contribution in [0.25, 0.3) is 11.1 Å². The van der Waals surface area contributed by atoms with Crippen LogP contribution < -0.4 is 11.1 Å². The Morgan fingerprint density at radius 2 is 1.92 bits per heavy atom. The molecule has 2 heteroatoms. The standard InChI is InChI=1S/C22H26N2.CH4/c1-15-5-4-6-17(11-15)21-12-16(2)7-9-20(21)18-8-10-22(24-3)19(13-18)14-23;/h4-11,13,16,24H,12,14,23H2,1-3H3;1H4. The van der Waals surface area contributed by atoms with Gasteiger partial charge in [-0.25, -0.2) is 0 Å². The number of hydrogen-bond acceptors (Lipinski definition) is 2. The van der Waals surface area contributed by atoms with Crippen LogP contribution in [0.4, 0.5) is 5.69 Å². The maximum absolute atomic E-state index is 5.94. The van der Waals surface area contributed by atoms with Crippen LogP contribution in [0.2, 0.25) is 0 Å². The van der Waals surface area contributed by atoms with Gasteiger partial charge in [-0.1, -0.05) is 62.4 Å². The highest BCUT2D eigenvalue weighted by Gasteiger charge is 2.17. The molecule has 132 valence electrons. The Morgan fingerprint density at radius 1 is 1.12 bits per heavy atom. The molecule has 0 heterocycles. The van der Waals surface area contributed by atoms with E-state index >= 15 is 0 Å². The van der Waals surface area contributed by atoms with Gasteiger partial charge in [-0.2, -0.15) is 0 Å². The molecule has 0 aromatic heterocycles. The second kappa shape index (κ2) is 8.17. The lowest BCUT2D eigenvalue weighted by Crippen LogP contribution is -2.05. The molecule has 3 rings (SSSR count). The van der Waals surface area contributed by atoms with E-state index in [0.717, 1.165) is 17.7 Å². The Hall–Kier alpha value is -2.32. The summed E-state index contributed by atoms with van der Waals surface area (Å²) in [5.74, 6) is 0.565. The number of benzene rings is 2. The van der Waals surface area contributed by atoms with E-state index in [-0.39, 0.29) is 7.43 Å². The Balaban J connectivity index is 0.00000225. The minimum Gasteiger partial charge on any atom is -0.388 e. The third kappa shape index (κ3) is 4.02. The number of nitrogens with one attached hydrogen (secondary N) is 1. The van der Waals surface area contributed by atoms with Gasteiger partial charge in [0.05, 0.1) is 0 Å². The quantitative estimate of drug-likeness (QED) is 0.759. The summed E-state index contributed by atoms with van der Waals surface area (Å²) in [5.41, 5.74) is 14.8. The van der Waals surface area contributed by atoms with Crippen molar-refractivity contribution in [1.29, 1.82) is 0 Å². The Kier molecular flexibility index (Phi) is 6.22. The van der Waals surface area contributed by atoms with E-state index in [0.29, 0.717) is 12.5 Å². The maximum Gasteiger partial charge on any atom is 0.0383 e. The van der Waals surface area contributed by atoms with E-state index in [1.54, 1.807) is 0 Å². The van der Waals surface area contributed by atoms with Gasteiger partial charge in [-0.3, -0.25) is 0 Å². The molecule has 0 bridgehead atoms. The molecule has 1 atom stereocenters. The molecule has 1 aliphatic rings. The lowest BCUT2D eigenvalue weighted by Gasteiger charge is -2.22. The zero-order chi connectivity index (χ0) is 17.1. The van der Waals surface area contributed by atoms with Gasteiger partial charge in [-0.15, -0.1) is 0 Å². The van der Waals surface area contributed by atoms with Crippen molar-refractivity contribution in [3.8, 4) is 0 Å².